The van der Waals surface area contributed by atoms with Crippen LogP contribution in [0.5, 0.6) is 0 Å². The van der Waals surface area contributed by atoms with Crippen molar-refractivity contribution in [3.63, 3.8) is 0 Å². The van der Waals surface area contributed by atoms with Gasteiger partial charge in [0.1, 0.15) is 5.82 Å². The van der Waals surface area contributed by atoms with Gasteiger partial charge in [-0.2, -0.15) is 4.98 Å². The number of aromatic nitrogens is 2. The Morgan fingerprint density at radius 3 is 2.92 bits per heavy atom. The first-order valence-corrected chi connectivity index (χ1v) is 8.66. The van der Waals surface area contributed by atoms with Crippen LogP contribution >= 0.6 is 0 Å². The smallest absolute Gasteiger partial charge is 0.409 e. The van der Waals surface area contributed by atoms with E-state index in [9.17, 15) is 4.79 Å². The molecule has 3 rings (SSSR count). The monoisotopic (exact) mass is 357 g/mol. The van der Waals surface area contributed by atoms with Gasteiger partial charge < -0.3 is 25.4 Å². The molecule has 1 amide bonds. The number of nitrogens with one attached hydrogen (secondary N) is 3. The lowest BCUT2D eigenvalue weighted by molar-refractivity contribution is 0.120. The van der Waals surface area contributed by atoms with Crippen molar-refractivity contribution in [2.45, 2.75) is 25.5 Å². The summed E-state index contributed by atoms with van der Waals surface area (Å²) in [6.45, 7) is 1.94. The standard InChI is InChI=1S/C18H23N5O3/c24-18(21-11-14-5-2-1-3-6-14)26-13-22-16-8-9-19-17(23-16)20-12-15-7-4-10-25-15/h1-3,5-6,8-9,15H,4,7,10-13H2,(H,21,24)(H2,19,20,22,23)/t15-/m1/s1. The van der Waals surface area contributed by atoms with Gasteiger partial charge >= 0.3 is 6.09 Å². The minimum absolute atomic E-state index is 0.0167. The van der Waals surface area contributed by atoms with E-state index in [4.69, 9.17) is 9.47 Å². The molecule has 1 atom stereocenters. The van der Waals surface area contributed by atoms with Crippen molar-refractivity contribution in [2.24, 2.45) is 0 Å². The Morgan fingerprint density at radius 2 is 2.12 bits per heavy atom. The summed E-state index contributed by atoms with van der Waals surface area (Å²) in [5, 5.41) is 8.78. The van der Waals surface area contributed by atoms with E-state index in [1.807, 2.05) is 30.3 Å². The maximum absolute atomic E-state index is 11.7. The summed E-state index contributed by atoms with van der Waals surface area (Å²) in [4.78, 5) is 20.2. The zero-order valence-corrected chi connectivity index (χ0v) is 14.5. The van der Waals surface area contributed by atoms with Gasteiger partial charge in [-0.1, -0.05) is 30.3 Å². The van der Waals surface area contributed by atoms with Crippen LogP contribution in [0.1, 0.15) is 18.4 Å². The zero-order valence-electron chi connectivity index (χ0n) is 14.5. The molecule has 0 spiro atoms. The SMILES string of the molecule is O=C(NCc1ccccc1)OCNc1ccnc(NC[C@H]2CCCO2)n1. The highest BCUT2D eigenvalue weighted by atomic mass is 16.6. The fourth-order valence-electron chi connectivity index (χ4n) is 2.55. The summed E-state index contributed by atoms with van der Waals surface area (Å²) in [6.07, 6.45) is 3.51. The third-order valence-electron chi connectivity index (χ3n) is 3.90. The predicted octanol–water partition coefficient (Wildman–Crippen LogP) is 2.36. The zero-order chi connectivity index (χ0) is 18.0. The normalized spacial score (nSPS) is 16.1. The number of carbonyl (C=O) groups is 1. The molecule has 8 heteroatoms. The number of benzene rings is 1. The van der Waals surface area contributed by atoms with Crippen LogP contribution in [0.25, 0.3) is 0 Å². The summed E-state index contributed by atoms with van der Waals surface area (Å²) in [7, 11) is 0. The summed E-state index contributed by atoms with van der Waals surface area (Å²) in [6, 6.07) is 11.3. The molecule has 0 saturated carbocycles. The van der Waals surface area contributed by atoms with Gasteiger partial charge in [0, 0.05) is 25.9 Å². The van der Waals surface area contributed by atoms with Crippen LogP contribution in [0.4, 0.5) is 16.6 Å². The maximum Gasteiger partial charge on any atom is 0.409 e. The molecule has 1 aromatic heterocycles. The van der Waals surface area contributed by atoms with Crippen LogP contribution in [0.2, 0.25) is 0 Å². The lowest BCUT2D eigenvalue weighted by Gasteiger charge is -2.12. The second-order valence-electron chi connectivity index (χ2n) is 5.87. The molecule has 0 aliphatic carbocycles. The van der Waals surface area contributed by atoms with Crippen molar-refractivity contribution in [2.75, 3.05) is 30.5 Å². The third kappa shape index (κ3) is 5.89. The molecule has 1 saturated heterocycles. The lowest BCUT2D eigenvalue weighted by Crippen LogP contribution is -2.26. The Kier molecular flexibility index (Phi) is 6.60. The molecule has 26 heavy (non-hydrogen) atoms. The van der Waals surface area contributed by atoms with Crippen LogP contribution in [0, 0.1) is 0 Å². The van der Waals surface area contributed by atoms with Crippen molar-refractivity contribution >= 4 is 17.9 Å². The third-order valence-corrected chi connectivity index (χ3v) is 3.90. The highest BCUT2D eigenvalue weighted by Crippen LogP contribution is 2.13. The summed E-state index contributed by atoms with van der Waals surface area (Å²) >= 11 is 0. The largest absolute Gasteiger partial charge is 0.428 e. The first-order chi connectivity index (χ1) is 12.8. The number of hydrogen-bond acceptors (Lipinski definition) is 7. The number of anilines is 2. The van der Waals surface area contributed by atoms with E-state index in [0.29, 0.717) is 24.9 Å². The Bertz CT molecular complexity index is 692. The van der Waals surface area contributed by atoms with Gasteiger partial charge in [0.25, 0.3) is 0 Å². The van der Waals surface area contributed by atoms with Crippen molar-refractivity contribution in [3.05, 3.63) is 48.2 Å². The summed E-state index contributed by atoms with van der Waals surface area (Å²) < 4.78 is 10.6. The van der Waals surface area contributed by atoms with Crippen LogP contribution in [-0.2, 0) is 16.0 Å². The highest BCUT2D eigenvalue weighted by molar-refractivity contribution is 5.67. The van der Waals surface area contributed by atoms with Gasteiger partial charge in [-0.25, -0.2) is 9.78 Å². The maximum atomic E-state index is 11.7. The molecule has 1 aliphatic rings. The predicted molar refractivity (Wildman–Crippen MR) is 97.7 cm³/mol. The summed E-state index contributed by atoms with van der Waals surface area (Å²) in [5.41, 5.74) is 1.01. The van der Waals surface area contributed by atoms with Crippen molar-refractivity contribution in [1.82, 2.24) is 15.3 Å². The second kappa shape index (κ2) is 9.57. The fourth-order valence-corrected chi connectivity index (χ4v) is 2.55. The number of carbonyl (C=O) groups excluding carboxylic acids is 1. The molecular formula is C18H23N5O3. The average molecular weight is 357 g/mol. The Balaban J connectivity index is 1.36. The molecule has 1 fully saturated rings. The minimum Gasteiger partial charge on any atom is -0.428 e. The number of rotatable bonds is 8. The van der Waals surface area contributed by atoms with E-state index in [2.05, 4.69) is 25.9 Å². The van der Waals surface area contributed by atoms with Gasteiger partial charge in [0.2, 0.25) is 5.95 Å². The average Bonchev–Trinajstić information content (AvgIpc) is 3.20. The van der Waals surface area contributed by atoms with E-state index in [1.165, 1.54) is 0 Å². The first kappa shape index (κ1) is 17.9. The van der Waals surface area contributed by atoms with Gasteiger partial charge in [-0.05, 0) is 24.5 Å². The molecule has 0 unspecified atom stereocenters. The molecule has 8 nitrogen and oxygen atoms in total. The van der Waals surface area contributed by atoms with Crippen LogP contribution in [0.15, 0.2) is 42.6 Å². The van der Waals surface area contributed by atoms with Crippen LogP contribution < -0.4 is 16.0 Å². The Labute approximate surface area is 152 Å². The fraction of sp³-hybridized carbons (Fsp3) is 0.389. The van der Waals surface area contributed by atoms with E-state index in [0.717, 1.165) is 25.0 Å². The Hall–Kier alpha value is -2.87. The Morgan fingerprint density at radius 1 is 1.23 bits per heavy atom. The number of hydrogen-bond donors (Lipinski definition) is 3. The topological polar surface area (TPSA) is 97.4 Å². The first-order valence-electron chi connectivity index (χ1n) is 8.66. The lowest BCUT2D eigenvalue weighted by atomic mass is 10.2. The number of nitrogens with zero attached hydrogens (tertiary/aromatic N) is 2. The van der Waals surface area contributed by atoms with Gasteiger partial charge in [-0.15, -0.1) is 0 Å². The molecule has 0 bridgehead atoms. The quantitative estimate of drug-likeness (QED) is 0.624. The van der Waals surface area contributed by atoms with E-state index in [1.54, 1.807) is 12.3 Å². The van der Waals surface area contributed by atoms with Crippen molar-refractivity contribution in [1.29, 1.82) is 0 Å². The second-order valence-corrected chi connectivity index (χ2v) is 5.87. The van der Waals surface area contributed by atoms with Crippen molar-refractivity contribution in [3.8, 4) is 0 Å². The van der Waals surface area contributed by atoms with E-state index < -0.39 is 6.09 Å². The molecule has 1 aliphatic heterocycles. The number of alkyl carbamates (subject to hydrolysis) is 1. The molecule has 1 aromatic carbocycles. The molecule has 3 N–H and O–H groups in total. The molecule has 0 radical (unpaired) electrons. The van der Waals surface area contributed by atoms with Gasteiger partial charge in [0.05, 0.1) is 6.10 Å². The van der Waals surface area contributed by atoms with Crippen LogP contribution in [-0.4, -0.2) is 42.0 Å². The molecule has 2 aromatic rings. The van der Waals surface area contributed by atoms with Gasteiger partial charge in [0.15, 0.2) is 6.73 Å². The highest BCUT2D eigenvalue weighted by Gasteiger charge is 2.15. The number of amides is 1. The summed E-state index contributed by atoms with van der Waals surface area (Å²) in [5.74, 6) is 1.09. The van der Waals surface area contributed by atoms with Crippen LogP contribution in [0.3, 0.4) is 0 Å². The number of ether oxygens (including phenoxy) is 2. The molecule has 138 valence electrons. The van der Waals surface area contributed by atoms with Gasteiger partial charge in [-0.3, -0.25) is 0 Å². The van der Waals surface area contributed by atoms with Crippen molar-refractivity contribution < 1.29 is 14.3 Å². The molecule has 2 heterocycles. The van der Waals surface area contributed by atoms with E-state index in [-0.39, 0.29) is 12.8 Å². The van der Waals surface area contributed by atoms with E-state index >= 15 is 0 Å². The minimum atomic E-state index is -0.493. The molecular weight excluding hydrogens is 334 g/mol.